The molecule has 9 nitrogen and oxygen atoms in total. The summed E-state index contributed by atoms with van der Waals surface area (Å²) < 4.78 is 13.3. The predicted molar refractivity (Wildman–Crippen MR) is 171 cm³/mol. The lowest BCUT2D eigenvalue weighted by atomic mass is 9.94. The fraction of sp³-hybridized carbons (Fsp3) is 0.312. The first-order valence-corrected chi connectivity index (χ1v) is 14.5. The number of piperazine rings is 1. The number of hydrogen-bond acceptors (Lipinski definition) is 7. The third-order valence-corrected chi connectivity index (χ3v) is 7.85. The number of fused-ring (bicyclic) bond motifs is 1. The Hall–Kier alpha value is -4.28. The molecule has 2 aliphatic rings. The molecule has 1 unspecified atom stereocenters. The normalized spacial score (nSPS) is 16.8. The third kappa shape index (κ3) is 7.77. The third-order valence-electron chi connectivity index (χ3n) is 7.55. The lowest BCUT2D eigenvalue weighted by Crippen LogP contribution is -2.50. The molecule has 0 saturated carbocycles. The van der Waals surface area contributed by atoms with Crippen molar-refractivity contribution in [1.29, 1.82) is 0 Å². The van der Waals surface area contributed by atoms with Crippen LogP contribution in [0.15, 0.2) is 72.0 Å². The Bertz CT molecular complexity index is 1530. The maximum Gasteiger partial charge on any atom is 0.264 e. The van der Waals surface area contributed by atoms with Gasteiger partial charge in [0.2, 0.25) is 0 Å². The number of likely N-dealkylation sites (N-methyl/N-ethyl adjacent to an activating group) is 1. The molecule has 43 heavy (non-hydrogen) atoms. The number of amides is 2. The van der Waals surface area contributed by atoms with Gasteiger partial charge in [-0.1, -0.05) is 41.9 Å². The molecule has 0 bridgehead atoms. The summed E-state index contributed by atoms with van der Waals surface area (Å²) in [7, 11) is 3.71. The monoisotopic (exact) mass is 605 g/mol. The molecule has 1 atom stereocenters. The van der Waals surface area contributed by atoms with Gasteiger partial charge < -0.3 is 20.9 Å². The number of nitrogens with zero attached hydrogens (tertiary/aromatic N) is 5. The Morgan fingerprint density at radius 2 is 1.88 bits per heavy atom. The molecule has 1 saturated heterocycles. The summed E-state index contributed by atoms with van der Waals surface area (Å²) in [5, 5.41) is 9.00. The molecule has 2 aromatic carbocycles. The van der Waals surface area contributed by atoms with E-state index >= 15 is 0 Å². The summed E-state index contributed by atoms with van der Waals surface area (Å²) in [4.78, 5) is 32.0. The quantitative estimate of drug-likeness (QED) is 0.311. The van der Waals surface area contributed by atoms with Gasteiger partial charge in [-0.05, 0) is 69.6 Å². The maximum atomic E-state index is 13.3. The molecule has 0 radical (unpaired) electrons. The van der Waals surface area contributed by atoms with E-state index in [0.717, 1.165) is 49.6 Å². The smallest absolute Gasteiger partial charge is 0.264 e. The van der Waals surface area contributed by atoms with Gasteiger partial charge in [0.25, 0.3) is 11.8 Å². The van der Waals surface area contributed by atoms with Crippen molar-refractivity contribution in [3.8, 4) is 0 Å². The summed E-state index contributed by atoms with van der Waals surface area (Å²) in [6.45, 7) is 6.54. The average molecular weight is 606 g/mol. The Labute approximate surface area is 256 Å². The molecule has 2 amide bonds. The van der Waals surface area contributed by atoms with E-state index in [9.17, 15) is 14.0 Å². The Morgan fingerprint density at radius 3 is 2.56 bits per heavy atom. The first-order valence-electron chi connectivity index (χ1n) is 14.1. The van der Waals surface area contributed by atoms with E-state index in [4.69, 9.17) is 17.3 Å². The largest absolute Gasteiger partial charge is 0.365 e. The molecule has 3 aromatic rings. The van der Waals surface area contributed by atoms with Crippen LogP contribution in [0.3, 0.4) is 0 Å². The van der Waals surface area contributed by atoms with Gasteiger partial charge in [0, 0.05) is 44.5 Å². The van der Waals surface area contributed by atoms with Crippen LogP contribution in [0.2, 0.25) is 5.02 Å². The van der Waals surface area contributed by atoms with Crippen molar-refractivity contribution < 1.29 is 14.0 Å². The molecule has 5 rings (SSSR count). The van der Waals surface area contributed by atoms with Gasteiger partial charge in [-0.25, -0.2) is 14.4 Å². The summed E-state index contributed by atoms with van der Waals surface area (Å²) in [5.41, 5.74) is 9.79. The minimum absolute atomic E-state index is 0.184. The fourth-order valence-electron chi connectivity index (χ4n) is 4.86. The molecule has 1 fully saturated rings. The minimum atomic E-state index is -0.591. The first-order chi connectivity index (χ1) is 20.6. The SMILES string of the molecule is C/C(=N\N(C1=CCCc2ccccc21)c1ccc(F)cc1)C(N)=O.CNC(=O)c1cc(N2CCN(C)C(C)C2)ncc1Cl. The molecular formula is C32H37ClFN7O2. The van der Waals surface area contributed by atoms with Gasteiger partial charge >= 0.3 is 0 Å². The molecule has 1 aliphatic heterocycles. The van der Waals surface area contributed by atoms with E-state index in [1.165, 1.54) is 17.7 Å². The molecule has 226 valence electrons. The van der Waals surface area contributed by atoms with Crippen molar-refractivity contribution in [3.05, 3.63) is 94.4 Å². The van der Waals surface area contributed by atoms with Gasteiger partial charge in [0.1, 0.15) is 17.3 Å². The number of anilines is 2. The number of halogens is 2. The number of pyridine rings is 1. The number of carbonyl (C=O) groups excluding carboxylic acids is 2. The number of carbonyl (C=O) groups is 2. The van der Waals surface area contributed by atoms with Crippen molar-refractivity contribution in [1.82, 2.24) is 15.2 Å². The number of nitrogens with one attached hydrogen (secondary N) is 1. The second kappa shape index (κ2) is 14.3. The molecule has 1 aliphatic carbocycles. The van der Waals surface area contributed by atoms with E-state index in [-0.39, 0.29) is 17.4 Å². The van der Waals surface area contributed by atoms with Crippen molar-refractivity contribution in [2.45, 2.75) is 32.7 Å². The first kappa shape index (κ1) is 31.7. The van der Waals surface area contributed by atoms with E-state index in [1.807, 2.05) is 18.2 Å². The van der Waals surface area contributed by atoms with E-state index in [0.29, 0.717) is 22.3 Å². The van der Waals surface area contributed by atoms with Crippen LogP contribution < -0.4 is 21.0 Å². The highest BCUT2D eigenvalue weighted by Gasteiger charge is 2.23. The lowest BCUT2D eigenvalue weighted by Gasteiger charge is -2.38. The number of aryl methyl sites for hydroxylation is 1. The molecule has 2 heterocycles. The number of rotatable bonds is 6. The van der Waals surface area contributed by atoms with Gasteiger partial charge in [0.15, 0.2) is 0 Å². The van der Waals surface area contributed by atoms with Gasteiger partial charge in [-0.3, -0.25) is 9.59 Å². The molecule has 0 spiro atoms. The fourth-order valence-corrected chi connectivity index (χ4v) is 5.05. The average Bonchev–Trinajstić information content (AvgIpc) is 3.01. The minimum Gasteiger partial charge on any atom is -0.365 e. The molecular weight excluding hydrogens is 569 g/mol. The van der Waals surface area contributed by atoms with Crippen LogP contribution in [0, 0.1) is 5.82 Å². The molecule has 3 N–H and O–H groups in total. The highest BCUT2D eigenvalue weighted by atomic mass is 35.5. The number of hydrogen-bond donors (Lipinski definition) is 2. The van der Waals surface area contributed by atoms with Gasteiger partial charge in [0.05, 0.1) is 22.0 Å². The predicted octanol–water partition coefficient (Wildman–Crippen LogP) is 4.72. The molecule has 1 aromatic heterocycles. The van der Waals surface area contributed by atoms with Crippen molar-refractivity contribution in [2.75, 3.05) is 43.6 Å². The van der Waals surface area contributed by atoms with E-state index in [2.05, 4.69) is 51.3 Å². The van der Waals surface area contributed by atoms with Crippen LogP contribution in [0.5, 0.6) is 0 Å². The maximum absolute atomic E-state index is 13.3. The summed E-state index contributed by atoms with van der Waals surface area (Å²) in [5.74, 6) is -0.294. The number of primary amides is 1. The highest BCUT2D eigenvalue weighted by Crippen LogP contribution is 2.33. The Balaban J connectivity index is 0.000000203. The zero-order chi connectivity index (χ0) is 31.1. The number of benzene rings is 2. The van der Waals surface area contributed by atoms with Crippen molar-refractivity contribution >= 4 is 46.3 Å². The number of hydrazone groups is 1. The van der Waals surface area contributed by atoms with Crippen LogP contribution in [0.25, 0.3) is 5.70 Å². The summed E-state index contributed by atoms with van der Waals surface area (Å²) in [6, 6.07) is 16.3. The van der Waals surface area contributed by atoms with E-state index in [1.54, 1.807) is 43.4 Å². The number of allylic oxidation sites excluding steroid dienone is 1. The lowest BCUT2D eigenvalue weighted by molar-refractivity contribution is -0.112. The Kier molecular flexibility index (Phi) is 10.5. The zero-order valence-electron chi connectivity index (χ0n) is 24.8. The van der Waals surface area contributed by atoms with Crippen molar-refractivity contribution in [3.63, 3.8) is 0 Å². The highest BCUT2D eigenvalue weighted by molar-refractivity contribution is 6.37. The zero-order valence-corrected chi connectivity index (χ0v) is 25.6. The van der Waals surface area contributed by atoms with Crippen LogP contribution in [-0.4, -0.2) is 67.2 Å². The van der Waals surface area contributed by atoms with Crippen LogP contribution in [0.1, 0.15) is 41.8 Å². The number of nitrogens with two attached hydrogens (primary N) is 1. The topological polar surface area (TPSA) is 107 Å². The van der Waals surface area contributed by atoms with Gasteiger partial charge in [-0.2, -0.15) is 5.10 Å². The standard InChI is InChI=1S/C19H18FN3O.C13H19ClN4O/c1-13(19(21)24)22-23(16-11-9-15(20)10-12-16)18-8-4-6-14-5-2-3-7-17(14)18;1-9-8-18(5-4-17(9)3)12-6-10(13(19)15-2)11(14)7-16-12/h2-3,5,7-12H,4,6H2,1H3,(H2,21,24);6-7,9H,4-5,8H2,1-3H3,(H,15,19)/b22-13+;. The van der Waals surface area contributed by atoms with Crippen molar-refractivity contribution in [2.24, 2.45) is 10.8 Å². The van der Waals surface area contributed by atoms with Crippen LogP contribution in [0.4, 0.5) is 15.9 Å². The van der Waals surface area contributed by atoms with E-state index < -0.39 is 5.91 Å². The molecule has 11 heteroatoms. The van der Waals surface area contributed by atoms with Gasteiger partial charge in [-0.15, -0.1) is 0 Å². The summed E-state index contributed by atoms with van der Waals surface area (Å²) >= 11 is 6.01. The van der Waals surface area contributed by atoms with Crippen LogP contribution in [-0.2, 0) is 11.2 Å². The summed E-state index contributed by atoms with van der Waals surface area (Å²) in [6.07, 6.45) is 5.44. The Morgan fingerprint density at radius 1 is 1.16 bits per heavy atom. The second-order valence-electron chi connectivity index (χ2n) is 10.5. The second-order valence-corrected chi connectivity index (χ2v) is 10.9. The number of aromatic nitrogens is 1. The van der Waals surface area contributed by atoms with Crippen LogP contribution >= 0.6 is 11.6 Å².